The van der Waals surface area contributed by atoms with E-state index in [0.717, 1.165) is 23.1 Å². The van der Waals surface area contributed by atoms with E-state index in [9.17, 15) is 14.0 Å². The maximum atomic E-state index is 13.5. The Morgan fingerprint density at radius 1 is 0.971 bits per heavy atom. The van der Waals surface area contributed by atoms with Crippen LogP contribution in [0.25, 0.3) is 0 Å². The number of anilines is 2. The van der Waals surface area contributed by atoms with E-state index in [1.807, 2.05) is 30.0 Å². The first-order valence-electron chi connectivity index (χ1n) is 12.1. The van der Waals surface area contributed by atoms with Crippen molar-refractivity contribution in [1.82, 2.24) is 4.90 Å². The zero-order valence-corrected chi connectivity index (χ0v) is 20.6. The molecule has 3 aromatic carbocycles. The second kappa shape index (κ2) is 10.7. The molecule has 1 aliphatic heterocycles. The average Bonchev–Trinajstić information content (AvgIpc) is 2.83. The van der Waals surface area contributed by atoms with E-state index in [2.05, 4.69) is 43.4 Å². The summed E-state index contributed by atoms with van der Waals surface area (Å²) in [5.74, 6) is -0.0800. The molecule has 0 aromatic heterocycles. The molecular formula is C29H32FN3O2. The monoisotopic (exact) mass is 473 g/mol. The first-order valence-corrected chi connectivity index (χ1v) is 12.1. The molecule has 0 radical (unpaired) electrons. The van der Waals surface area contributed by atoms with Gasteiger partial charge < -0.3 is 10.2 Å². The number of nitrogens with zero attached hydrogens (tertiary/aromatic N) is 2. The van der Waals surface area contributed by atoms with Crippen molar-refractivity contribution in [3.05, 3.63) is 94.8 Å². The van der Waals surface area contributed by atoms with Crippen molar-refractivity contribution >= 4 is 23.3 Å². The predicted octanol–water partition coefficient (Wildman–Crippen LogP) is 6.27. The molecule has 1 fully saturated rings. The van der Waals surface area contributed by atoms with Gasteiger partial charge in [0.25, 0.3) is 0 Å². The summed E-state index contributed by atoms with van der Waals surface area (Å²) in [6, 6.07) is 20.0. The maximum Gasteiger partial charge on any atom is 0.324 e. The number of hydrogen-bond donors (Lipinski definition) is 1. The molecule has 1 saturated heterocycles. The largest absolute Gasteiger partial charge is 0.324 e. The van der Waals surface area contributed by atoms with Crippen LogP contribution in [0.2, 0.25) is 0 Å². The van der Waals surface area contributed by atoms with Crippen LogP contribution < -0.4 is 10.2 Å². The van der Waals surface area contributed by atoms with Crippen molar-refractivity contribution < 1.29 is 14.0 Å². The fourth-order valence-corrected chi connectivity index (χ4v) is 4.35. The Balaban J connectivity index is 1.49. The first-order chi connectivity index (χ1) is 16.8. The van der Waals surface area contributed by atoms with Crippen molar-refractivity contribution in [3.63, 3.8) is 0 Å². The van der Waals surface area contributed by atoms with Crippen molar-refractivity contribution in [1.29, 1.82) is 0 Å². The van der Waals surface area contributed by atoms with Crippen LogP contribution in [0.15, 0.2) is 66.7 Å². The van der Waals surface area contributed by atoms with Gasteiger partial charge in [-0.15, -0.1) is 0 Å². The van der Waals surface area contributed by atoms with Crippen LogP contribution in [0, 0.1) is 12.7 Å². The predicted molar refractivity (Wildman–Crippen MR) is 138 cm³/mol. The van der Waals surface area contributed by atoms with Gasteiger partial charge in [-0.2, -0.15) is 0 Å². The standard InChI is InChI=1S/C29H32FN3O2/c1-20(2)24-10-6-23(7-11-24)19-32-15-4-16-33(29(32)35)27-14-5-21(3)17-26(27)31-28(34)18-22-8-12-25(30)13-9-22/h5-14,17,20H,4,15-16,18-19H2,1-3H3,(H,31,34). The smallest absolute Gasteiger partial charge is 0.324 e. The van der Waals surface area contributed by atoms with Crippen LogP contribution in [0.1, 0.15) is 48.4 Å². The summed E-state index contributed by atoms with van der Waals surface area (Å²) >= 11 is 0. The first kappa shape index (κ1) is 24.5. The molecule has 1 heterocycles. The van der Waals surface area contributed by atoms with Gasteiger partial charge in [0, 0.05) is 19.6 Å². The van der Waals surface area contributed by atoms with E-state index >= 15 is 0 Å². The summed E-state index contributed by atoms with van der Waals surface area (Å²) in [7, 11) is 0. The Morgan fingerprint density at radius 2 is 1.66 bits per heavy atom. The molecule has 4 rings (SSSR count). The topological polar surface area (TPSA) is 52.6 Å². The number of benzene rings is 3. The summed E-state index contributed by atoms with van der Waals surface area (Å²) in [5, 5.41) is 2.97. The van der Waals surface area contributed by atoms with Crippen molar-refractivity contribution in [2.24, 2.45) is 0 Å². The molecule has 1 aliphatic rings. The molecule has 6 heteroatoms. The Kier molecular flexibility index (Phi) is 7.49. The maximum absolute atomic E-state index is 13.5. The summed E-state index contributed by atoms with van der Waals surface area (Å²) in [5.41, 5.74) is 5.38. The number of aryl methyl sites for hydroxylation is 1. The lowest BCUT2D eigenvalue weighted by Crippen LogP contribution is -2.49. The van der Waals surface area contributed by atoms with Crippen LogP contribution >= 0.6 is 0 Å². The SMILES string of the molecule is Cc1ccc(N2CCCN(Cc3ccc(C(C)C)cc3)C2=O)c(NC(=O)Cc2ccc(F)cc2)c1. The molecule has 0 spiro atoms. The third-order valence-corrected chi connectivity index (χ3v) is 6.33. The van der Waals surface area contributed by atoms with E-state index in [4.69, 9.17) is 0 Å². The lowest BCUT2D eigenvalue weighted by atomic mass is 10.0. The van der Waals surface area contributed by atoms with E-state index in [1.54, 1.807) is 17.0 Å². The Morgan fingerprint density at radius 3 is 2.34 bits per heavy atom. The third-order valence-electron chi connectivity index (χ3n) is 6.33. The third kappa shape index (κ3) is 6.07. The molecule has 0 aliphatic carbocycles. The quantitative estimate of drug-likeness (QED) is 0.440. The molecule has 3 aromatic rings. The number of nitrogens with one attached hydrogen (secondary N) is 1. The number of rotatable bonds is 7. The Labute approximate surface area is 206 Å². The normalized spacial score (nSPS) is 13.9. The van der Waals surface area contributed by atoms with Gasteiger partial charge in [0.1, 0.15) is 5.82 Å². The summed E-state index contributed by atoms with van der Waals surface area (Å²) < 4.78 is 13.2. The minimum absolute atomic E-state index is 0.0675. The van der Waals surface area contributed by atoms with Crippen molar-refractivity contribution in [2.45, 2.75) is 46.1 Å². The number of amides is 3. The summed E-state index contributed by atoms with van der Waals surface area (Å²) in [4.78, 5) is 29.8. The highest BCUT2D eigenvalue weighted by molar-refractivity contribution is 6.01. The van der Waals surface area contributed by atoms with Gasteiger partial charge in [-0.1, -0.05) is 56.3 Å². The molecule has 182 valence electrons. The van der Waals surface area contributed by atoms with Crippen molar-refractivity contribution in [3.8, 4) is 0 Å². The molecule has 0 unspecified atom stereocenters. The lowest BCUT2D eigenvalue weighted by molar-refractivity contribution is -0.115. The van der Waals surface area contributed by atoms with Crippen LogP contribution in [0.5, 0.6) is 0 Å². The van der Waals surface area contributed by atoms with Gasteiger partial charge in [-0.3, -0.25) is 9.69 Å². The highest BCUT2D eigenvalue weighted by Gasteiger charge is 2.28. The molecular weight excluding hydrogens is 441 g/mol. The van der Waals surface area contributed by atoms with E-state index < -0.39 is 0 Å². The second-order valence-electron chi connectivity index (χ2n) is 9.48. The zero-order valence-electron chi connectivity index (χ0n) is 20.6. The molecule has 5 nitrogen and oxygen atoms in total. The van der Waals surface area contributed by atoms with Crippen LogP contribution in [0.4, 0.5) is 20.6 Å². The highest BCUT2D eigenvalue weighted by Crippen LogP contribution is 2.30. The number of halogens is 1. The molecule has 3 amide bonds. The summed E-state index contributed by atoms with van der Waals surface area (Å²) in [6.07, 6.45) is 0.965. The van der Waals surface area contributed by atoms with Gasteiger partial charge in [0.15, 0.2) is 0 Å². The number of urea groups is 1. The minimum Gasteiger partial charge on any atom is -0.324 e. The molecule has 0 bridgehead atoms. The van der Waals surface area contributed by atoms with E-state index in [1.165, 1.54) is 17.7 Å². The molecule has 0 atom stereocenters. The minimum atomic E-state index is -0.334. The molecule has 35 heavy (non-hydrogen) atoms. The second-order valence-corrected chi connectivity index (χ2v) is 9.48. The average molecular weight is 474 g/mol. The van der Waals surface area contributed by atoms with Gasteiger partial charge >= 0.3 is 6.03 Å². The van der Waals surface area contributed by atoms with Crippen LogP contribution in [-0.2, 0) is 17.8 Å². The molecule has 1 N–H and O–H groups in total. The van der Waals surface area contributed by atoms with Gasteiger partial charge in [-0.05, 0) is 65.8 Å². The van der Waals surface area contributed by atoms with Gasteiger partial charge in [0.05, 0.1) is 17.8 Å². The Bertz CT molecular complexity index is 1190. The summed E-state index contributed by atoms with van der Waals surface area (Å²) in [6.45, 7) is 8.11. The molecule has 0 saturated carbocycles. The van der Waals surface area contributed by atoms with Gasteiger partial charge in [-0.25, -0.2) is 9.18 Å². The zero-order chi connectivity index (χ0) is 24.9. The highest BCUT2D eigenvalue weighted by atomic mass is 19.1. The van der Waals surface area contributed by atoms with Crippen molar-refractivity contribution in [2.75, 3.05) is 23.3 Å². The Hall–Kier alpha value is -3.67. The fourth-order valence-electron chi connectivity index (χ4n) is 4.35. The van der Waals surface area contributed by atoms with Crippen LogP contribution in [-0.4, -0.2) is 29.9 Å². The van der Waals surface area contributed by atoms with E-state index in [-0.39, 0.29) is 24.2 Å². The van der Waals surface area contributed by atoms with E-state index in [0.29, 0.717) is 36.9 Å². The van der Waals surface area contributed by atoms with Crippen LogP contribution in [0.3, 0.4) is 0 Å². The number of hydrogen-bond acceptors (Lipinski definition) is 2. The lowest BCUT2D eigenvalue weighted by Gasteiger charge is -2.36. The number of carbonyl (C=O) groups is 2. The fraction of sp³-hybridized carbons (Fsp3) is 0.310. The number of carbonyl (C=O) groups excluding carboxylic acids is 2. The van der Waals surface area contributed by atoms with Gasteiger partial charge in [0.2, 0.25) is 5.91 Å².